The number of sulfonamides is 1. The Hall–Kier alpha value is -1.97. The Kier molecular flexibility index (Phi) is 8.30. The predicted octanol–water partition coefficient (Wildman–Crippen LogP) is 2.13. The predicted molar refractivity (Wildman–Crippen MR) is 122 cm³/mol. The fourth-order valence-electron chi connectivity index (χ4n) is 4.25. The standard InChI is InChI=1S/C23H35N3O5S/c1-4-5-10-24(3)22(27)19-8-11-25(12-9-19)23(28)21-17-20(7-6-18(21)2)32(29,30)26-13-15-31-16-14-26/h6-7,17,19H,4-5,8-16H2,1-3H3. The molecule has 0 N–H and O–H groups in total. The first-order valence-electron chi connectivity index (χ1n) is 11.5. The van der Waals surface area contributed by atoms with Crippen LogP contribution < -0.4 is 0 Å². The van der Waals surface area contributed by atoms with Crippen LogP contribution in [0.4, 0.5) is 0 Å². The van der Waals surface area contributed by atoms with E-state index in [1.54, 1.807) is 21.9 Å². The number of morpholine rings is 1. The van der Waals surface area contributed by atoms with Gasteiger partial charge in [-0.15, -0.1) is 0 Å². The number of carbonyl (C=O) groups is 2. The van der Waals surface area contributed by atoms with E-state index in [1.165, 1.54) is 10.4 Å². The summed E-state index contributed by atoms with van der Waals surface area (Å²) >= 11 is 0. The third kappa shape index (κ3) is 5.50. The Morgan fingerprint density at radius 1 is 1.12 bits per heavy atom. The van der Waals surface area contributed by atoms with Crippen molar-refractivity contribution in [2.24, 2.45) is 5.92 Å². The second kappa shape index (κ2) is 10.8. The fraction of sp³-hybridized carbons (Fsp3) is 0.652. The van der Waals surface area contributed by atoms with Crippen LogP contribution in [-0.4, -0.2) is 87.3 Å². The highest BCUT2D eigenvalue weighted by molar-refractivity contribution is 7.89. The second-order valence-corrected chi connectivity index (χ2v) is 10.6. The molecule has 0 radical (unpaired) electrons. The molecule has 178 valence electrons. The van der Waals surface area contributed by atoms with Gasteiger partial charge in [-0.1, -0.05) is 19.4 Å². The summed E-state index contributed by atoms with van der Waals surface area (Å²) in [5, 5.41) is 0. The van der Waals surface area contributed by atoms with Gasteiger partial charge < -0.3 is 14.5 Å². The largest absolute Gasteiger partial charge is 0.379 e. The smallest absolute Gasteiger partial charge is 0.254 e. The zero-order valence-corrected chi connectivity index (χ0v) is 20.2. The molecule has 8 nitrogen and oxygen atoms in total. The zero-order chi connectivity index (χ0) is 23.3. The normalized spacial score (nSPS) is 18.5. The molecule has 0 bridgehead atoms. The average molecular weight is 466 g/mol. The molecule has 0 aromatic heterocycles. The number of carbonyl (C=O) groups excluding carboxylic acids is 2. The number of likely N-dealkylation sites (tertiary alicyclic amines) is 1. The van der Waals surface area contributed by atoms with Gasteiger partial charge in [0.25, 0.3) is 5.91 Å². The number of unbranched alkanes of at least 4 members (excludes halogenated alkanes) is 1. The van der Waals surface area contributed by atoms with Gasteiger partial charge in [0.1, 0.15) is 0 Å². The van der Waals surface area contributed by atoms with Gasteiger partial charge in [-0.3, -0.25) is 9.59 Å². The van der Waals surface area contributed by atoms with Crippen molar-refractivity contribution in [3.05, 3.63) is 29.3 Å². The van der Waals surface area contributed by atoms with Crippen molar-refractivity contribution >= 4 is 21.8 Å². The number of aryl methyl sites for hydroxylation is 1. The van der Waals surface area contributed by atoms with Crippen LogP contribution in [0.15, 0.2) is 23.1 Å². The highest BCUT2D eigenvalue weighted by Gasteiger charge is 2.31. The molecule has 0 saturated carbocycles. The SMILES string of the molecule is CCCCN(C)C(=O)C1CCN(C(=O)c2cc(S(=O)(=O)N3CCOCC3)ccc2C)CC1. The highest BCUT2D eigenvalue weighted by Crippen LogP contribution is 2.25. The molecular weight excluding hydrogens is 430 g/mol. The van der Waals surface area contributed by atoms with Crippen molar-refractivity contribution < 1.29 is 22.7 Å². The quantitative estimate of drug-likeness (QED) is 0.616. The van der Waals surface area contributed by atoms with E-state index in [9.17, 15) is 18.0 Å². The van der Waals surface area contributed by atoms with Crippen molar-refractivity contribution in [3.63, 3.8) is 0 Å². The first kappa shape index (κ1) is 24.7. The number of piperidine rings is 1. The summed E-state index contributed by atoms with van der Waals surface area (Å²) < 4.78 is 32.7. The van der Waals surface area contributed by atoms with E-state index in [0.717, 1.165) is 24.9 Å². The lowest BCUT2D eigenvalue weighted by Gasteiger charge is -2.33. The molecule has 0 unspecified atom stereocenters. The average Bonchev–Trinajstić information content (AvgIpc) is 2.82. The summed E-state index contributed by atoms with van der Waals surface area (Å²) in [5.74, 6) is -0.0814. The Bertz CT molecular complexity index is 920. The maximum Gasteiger partial charge on any atom is 0.254 e. The third-order valence-corrected chi connectivity index (χ3v) is 8.30. The number of rotatable bonds is 7. The summed E-state index contributed by atoms with van der Waals surface area (Å²) in [6, 6.07) is 4.76. The lowest BCUT2D eigenvalue weighted by Crippen LogP contribution is -2.44. The fourth-order valence-corrected chi connectivity index (χ4v) is 5.68. The summed E-state index contributed by atoms with van der Waals surface area (Å²) in [7, 11) is -1.82. The zero-order valence-electron chi connectivity index (χ0n) is 19.4. The Morgan fingerprint density at radius 3 is 2.41 bits per heavy atom. The van der Waals surface area contributed by atoms with Gasteiger partial charge in [-0.2, -0.15) is 4.31 Å². The van der Waals surface area contributed by atoms with Gasteiger partial charge in [0.2, 0.25) is 15.9 Å². The van der Waals surface area contributed by atoms with Crippen LogP contribution in [0.1, 0.15) is 48.5 Å². The minimum absolute atomic E-state index is 0.0602. The summed E-state index contributed by atoms with van der Waals surface area (Å²) in [5.41, 5.74) is 1.15. The van der Waals surface area contributed by atoms with Crippen molar-refractivity contribution in [2.75, 3.05) is 53.0 Å². The highest BCUT2D eigenvalue weighted by atomic mass is 32.2. The van der Waals surface area contributed by atoms with Gasteiger partial charge in [0, 0.05) is 51.3 Å². The van der Waals surface area contributed by atoms with E-state index >= 15 is 0 Å². The van der Waals surface area contributed by atoms with Gasteiger partial charge in [0.15, 0.2) is 0 Å². The Balaban J connectivity index is 1.68. The maximum atomic E-state index is 13.2. The number of benzene rings is 1. The first-order valence-corrected chi connectivity index (χ1v) is 12.9. The third-order valence-electron chi connectivity index (χ3n) is 6.40. The van der Waals surface area contributed by atoms with E-state index < -0.39 is 10.0 Å². The minimum Gasteiger partial charge on any atom is -0.379 e. The second-order valence-electron chi connectivity index (χ2n) is 8.67. The number of hydrogen-bond acceptors (Lipinski definition) is 5. The first-order chi connectivity index (χ1) is 15.3. The van der Waals surface area contributed by atoms with Crippen LogP contribution >= 0.6 is 0 Å². The van der Waals surface area contributed by atoms with Crippen molar-refractivity contribution in [3.8, 4) is 0 Å². The number of hydrogen-bond donors (Lipinski definition) is 0. The molecule has 32 heavy (non-hydrogen) atoms. The summed E-state index contributed by atoms with van der Waals surface area (Å²) in [6.45, 7) is 7.05. The Morgan fingerprint density at radius 2 is 1.78 bits per heavy atom. The molecule has 2 fully saturated rings. The molecule has 9 heteroatoms. The van der Waals surface area contributed by atoms with Crippen LogP contribution in [0.25, 0.3) is 0 Å². The molecule has 2 saturated heterocycles. The molecule has 0 spiro atoms. The van der Waals surface area contributed by atoms with Crippen molar-refractivity contribution in [1.29, 1.82) is 0 Å². The van der Waals surface area contributed by atoms with Crippen LogP contribution in [0.2, 0.25) is 0 Å². The van der Waals surface area contributed by atoms with E-state index in [1.807, 2.05) is 14.0 Å². The molecule has 2 aliphatic heterocycles. The molecule has 2 amide bonds. The van der Waals surface area contributed by atoms with Gasteiger partial charge in [0.05, 0.1) is 18.1 Å². The van der Waals surface area contributed by atoms with Crippen molar-refractivity contribution in [2.45, 2.75) is 44.4 Å². The number of ether oxygens (including phenoxy) is 1. The molecule has 2 heterocycles. The number of nitrogens with zero attached hydrogens (tertiary/aromatic N) is 3. The molecule has 3 rings (SSSR count). The van der Waals surface area contributed by atoms with Crippen LogP contribution in [0.5, 0.6) is 0 Å². The van der Waals surface area contributed by atoms with Crippen LogP contribution in [0, 0.1) is 12.8 Å². The lowest BCUT2D eigenvalue weighted by molar-refractivity contribution is -0.135. The van der Waals surface area contributed by atoms with Gasteiger partial charge >= 0.3 is 0 Å². The topological polar surface area (TPSA) is 87.2 Å². The lowest BCUT2D eigenvalue weighted by atomic mass is 9.94. The molecule has 1 aromatic rings. The van der Waals surface area contributed by atoms with E-state index in [-0.39, 0.29) is 22.6 Å². The Labute approximate surface area is 191 Å². The van der Waals surface area contributed by atoms with E-state index in [0.29, 0.717) is 57.8 Å². The van der Waals surface area contributed by atoms with Gasteiger partial charge in [-0.25, -0.2) is 8.42 Å². The van der Waals surface area contributed by atoms with E-state index in [4.69, 9.17) is 4.74 Å². The van der Waals surface area contributed by atoms with Crippen LogP contribution in [0.3, 0.4) is 0 Å². The van der Waals surface area contributed by atoms with Crippen LogP contribution in [-0.2, 0) is 19.6 Å². The summed E-state index contributed by atoms with van der Waals surface area (Å²) in [6.07, 6.45) is 3.30. The van der Waals surface area contributed by atoms with E-state index in [2.05, 4.69) is 6.92 Å². The molecule has 2 aliphatic rings. The monoisotopic (exact) mass is 465 g/mol. The summed E-state index contributed by atoms with van der Waals surface area (Å²) in [4.78, 5) is 29.6. The molecular formula is C23H35N3O5S. The molecule has 1 aromatic carbocycles. The van der Waals surface area contributed by atoms with Crippen molar-refractivity contribution in [1.82, 2.24) is 14.1 Å². The molecule has 0 atom stereocenters. The minimum atomic E-state index is -3.67. The maximum absolute atomic E-state index is 13.2. The van der Waals surface area contributed by atoms with Gasteiger partial charge in [-0.05, 0) is 43.9 Å². The molecule has 0 aliphatic carbocycles. The number of amides is 2.